The van der Waals surface area contributed by atoms with Crippen LogP contribution in [0.4, 0.5) is 13.2 Å². The fourth-order valence-electron chi connectivity index (χ4n) is 1.69. The van der Waals surface area contributed by atoms with Crippen molar-refractivity contribution in [3.8, 4) is 0 Å². The Hall–Kier alpha value is -1.03. The molecule has 1 nitrogen and oxygen atoms in total. The van der Waals surface area contributed by atoms with Crippen LogP contribution in [-0.4, -0.2) is 6.61 Å². The summed E-state index contributed by atoms with van der Waals surface area (Å²) in [6.07, 6.45) is -0.369. The molecule has 0 fully saturated rings. The maximum absolute atomic E-state index is 12.4. The molecule has 1 rings (SSSR count). The van der Waals surface area contributed by atoms with Crippen LogP contribution < -0.4 is 0 Å². The van der Waals surface area contributed by atoms with Gasteiger partial charge in [0.15, 0.2) is 0 Å². The van der Waals surface area contributed by atoms with Crippen LogP contribution in [-0.2, 0) is 17.7 Å². The van der Waals surface area contributed by atoms with Crippen molar-refractivity contribution in [1.82, 2.24) is 0 Å². The molecule has 0 saturated carbocycles. The highest BCUT2D eigenvalue weighted by molar-refractivity contribution is 5.25. The Morgan fingerprint density at radius 1 is 1.00 bits per heavy atom. The molecule has 0 aliphatic rings. The van der Waals surface area contributed by atoms with Crippen molar-refractivity contribution in [2.24, 2.45) is 0 Å². The number of alkyl halides is 3. The Labute approximate surface area is 99.3 Å². The van der Waals surface area contributed by atoms with Crippen LogP contribution in [0.3, 0.4) is 0 Å². The zero-order valence-corrected chi connectivity index (χ0v) is 9.59. The van der Waals surface area contributed by atoms with Gasteiger partial charge in [0.25, 0.3) is 0 Å². The van der Waals surface area contributed by atoms with E-state index >= 15 is 0 Å². The summed E-state index contributed by atoms with van der Waals surface area (Å²) in [7, 11) is 0. The quantitative estimate of drug-likeness (QED) is 0.668. The lowest BCUT2D eigenvalue weighted by Crippen LogP contribution is -2.05. The molecule has 0 unspecified atom stereocenters. The molecular weight excluding hydrogens is 229 g/mol. The minimum atomic E-state index is -4.27. The van der Waals surface area contributed by atoms with E-state index in [1.165, 1.54) is 12.1 Å². The molecule has 0 atom stereocenters. The third-order valence-corrected chi connectivity index (χ3v) is 2.61. The van der Waals surface area contributed by atoms with Crippen LogP contribution in [0.5, 0.6) is 0 Å². The smallest absolute Gasteiger partial charge is 0.237 e. The summed E-state index contributed by atoms with van der Waals surface area (Å²) in [5, 5.41) is 10.2. The van der Waals surface area contributed by atoms with E-state index in [1.54, 1.807) is 6.07 Å². The topological polar surface area (TPSA) is 19.9 Å². The lowest BCUT2D eigenvalue weighted by molar-refractivity contribution is -0.137. The van der Waals surface area contributed by atoms with Gasteiger partial charge in [-0.05, 0) is 30.9 Å². The molecule has 17 heavy (non-hydrogen) atoms. The predicted molar refractivity (Wildman–Crippen MR) is 59.2 cm³/mol. The lowest BCUT2D eigenvalue weighted by Gasteiger charge is -2.08. The van der Waals surface area contributed by atoms with E-state index in [-0.39, 0.29) is 6.61 Å². The van der Waals surface area contributed by atoms with E-state index in [4.69, 9.17) is 0 Å². The summed E-state index contributed by atoms with van der Waals surface area (Å²) < 4.78 is 37.3. The van der Waals surface area contributed by atoms with E-state index in [1.807, 2.05) is 0 Å². The number of hydrogen-bond donors (Lipinski definition) is 0. The number of hydrogen-bond acceptors (Lipinski definition) is 0. The van der Waals surface area contributed by atoms with Gasteiger partial charge in [-0.3, -0.25) is 0 Å². The zero-order valence-electron chi connectivity index (χ0n) is 9.59. The molecule has 0 amide bonds. The van der Waals surface area contributed by atoms with Crippen molar-refractivity contribution in [2.75, 3.05) is 6.61 Å². The van der Waals surface area contributed by atoms with Gasteiger partial charge in [-0.1, -0.05) is 31.0 Å². The lowest BCUT2D eigenvalue weighted by atomic mass is 10.0. The fourth-order valence-corrected chi connectivity index (χ4v) is 1.69. The number of rotatable bonds is 6. The van der Waals surface area contributed by atoms with Crippen LogP contribution in [0.2, 0.25) is 0 Å². The number of halogens is 3. The van der Waals surface area contributed by atoms with Crippen LogP contribution >= 0.6 is 0 Å². The summed E-state index contributed by atoms with van der Waals surface area (Å²) in [5.41, 5.74) is 0.122. The second kappa shape index (κ2) is 6.64. The molecule has 0 aliphatic heterocycles. The third-order valence-electron chi connectivity index (χ3n) is 2.61. The fraction of sp³-hybridized carbons (Fsp3) is 0.538. The molecule has 1 aromatic carbocycles. The molecule has 0 N–H and O–H groups in total. The molecule has 1 radical (unpaired) electrons. The molecular formula is C13H16F3O. The van der Waals surface area contributed by atoms with Crippen LogP contribution in [0.15, 0.2) is 24.3 Å². The van der Waals surface area contributed by atoms with E-state index in [0.717, 1.165) is 25.3 Å². The Balaban J connectivity index is 2.44. The maximum Gasteiger partial charge on any atom is 0.416 e. The first-order chi connectivity index (χ1) is 8.04. The van der Waals surface area contributed by atoms with Gasteiger partial charge in [0.1, 0.15) is 0 Å². The minimum Gasteiger partial charge on any atom is -0.237 e. The maximum atomic E-state index is 12.4. The van der Waals surface area contributed by atoms with E-state index in [2.05, 4.69) is 0 Å². The van der Waals surface area contributed by atoms with Crippen molar-refractivity contribution < 1.29 is 18.3 Å². The minimum absolute atomic E-state index is 0.0659. The summed E-state index contributed by atoms with van der Waals surface area (Å²) in [4.78, 5) is 0. The standard InChI is InChI=1S/C13H16F3O/c14-13(15,16)12-8-5-7-11(10-12)6-3-1-2-4-9-17/h5,7-8,10H,1-4,6,9H2. The highest BCUT2D eigenvalue weighted by Crippen LogP contribution is 2.29. The molecule has 0 bridgehead atoms. The van der Waals surface area contributed by atoms with Crippen LogP contribution in [0.1, 0.15) is 36.8 Å². The highest BCUT2D eigenvalue weighted by atomic mass is 19.4. The van der Waals surface area contributed by atoms with Gasteiger partial charge in [0.2, 0.25) is 0 Å². The van der Waals surface area contributed by atoms with Gasteiger partial charge < -0.3 is 0 Å². The first-order valence-corrected chi connectivity index (χ1v) is 5.78. The van der Waals surface area contributed by atoms with Crippen LogP contribution in [0.25, 0.3) is 0 Å². The molecule has 0 aliphatic carbocycles. The number of benzene rings is 1. The summed E-state index contributed by atoms with van der Waals surface area (Å²) in [6, 6.07) is 5.44. The Morgan fingerprint density at radius 3 is 2.35 bits per heavy atom. The number of unbranched alkanes of at least 4 members (excludes halogenated alkanes) is 3. The monoisotopic (exact) mass is 245 g/mol. The third kappa shape index (κ3) is 5.22. The Morgan fingerprint density at radius 2 is 1.71 bits per heavy atom. The zero-order chi connectivity index (χ0) is 12.7. The molecule has 0 aromatic heterocycles. The van der Waals surface area contributed by atoms with Crippen molar-refractivity contribution in [3.63, 3.8) is 0 Å². The Kier molecular flexibility index (Phi) is 5.48. The molecule has 0 heterocycles. The average molecular weight is 245 g/mol. The molecule has 0 spiro atoms. The van der Waals surface area contributed by atoms with E-state index in [9.17, 15) is 18.3 Å². The van der Waals surface area contributed by atoms with E-state index < -0.39 is 11.7 Å². The van der Waals surface area contributed by atoms with Gasteiger partial charge in [0.05, 0.1) is 12.2 Å². The van der Waals surface area contributed by atoms with Gasteiger partial charge in [0, 0.05) is 0 Å². The van der Waals surface area contributed by atoms with Crippen molar-refractivity contribution >= 4 is 0 Å². The van der Waals surface area contributed by atoms with E-state index in [0.29, 0.717) is 18.4 Å². The van der Waals surface area contributed by atoms with Gasteiger partial charge in [-0.2, -0.15) is 13.2 Å². The summed E-state index contributed by atoms with van der Waals surface area (Å²) >= 11 is 0. The van der Waals surface area contributed by atoms with Crippen molar-refractivity contribution in [3.05, 3.63) is 35.4 Å². The van der Waals surface area contributed by atoms with Crippen LogP contribution in [0, 0.1) is 0 Å². The van der Waals surface area contributed by atoms with Gasteiger partial charge in [-0.15, -0.1) is 0 Å². The summed E-state index contributed by atoms with van der Waals surface area (Å²) in [5.74, 6) is 0. The first kappa shape index (κ1) is 14.0. The second-order valence-electron chi connectivity index (χ2n) is 4.07. The van der Waals surface area contributed by atoms with Crippen molar-refractivity contribution in [2.45, 2.75) is 38.3 Å². The SMILES string of the molecule is [O]CCCCCCc1cccc(C(F)(F)F)c1. The number of aryl methyl sites for hydroxylation is 1. The molecule has 4 heteroatoms. The molecule has 95 valence electrons. The molecule has 1 aromatic rings. The van der Waals surface area contributed by atoms with Gasteiger partial charge >= 0.3 is 6.18 Å². The first-order valence-electron chi connectivity index (χ1n) is 5.78. The summed E-state index contributed by atoms with van der Waals surface area (Å²) in [6.45, 7) is -0.0659. The normalized spacial score (nSPS) is 11.8. The predicted octanol–water partition coefficient (Wildman–Crippen LogP) is 4.24. The average Bonchev–Trinajstić information content (AvgIpc) is 2.28. The molecule has 0 saturated heterocycles. The van der Waals surface area contributed by atoms with Crippen molar-refractivity contribution in [1.29, 1.82) is 0 Å². The highest BCUT2D eigenvalue weighted by Gasteiger charge is 2.30. The van der Waals surface area contributed by atoms with Gasteiger partial charge in [-0.25, -0.2) is 5.11 Å². The Bertz CT molecular complexity index is 334. The largest absolute Gasteiger partial charge is 0.416 e. The second-order valence-corrected chi connectivity index (χ2v) is 4.07.